The monoisotopic (exact) mass is 415 g/mol. The van der Waals surface area contributed by atoms with Crippen LogP contribution in [0.1, 0.15) is 90.9 Å². The molecule has 0 aromatic carbocycles. The van der Waals surface area contributed by atoms with Gasteiger partial charge in [-0.05, 0) is 58.3 Å². The summed E-state index contributed by atoms with van der Waals surface area (Å²) in [5.74, 6) is 0.254. The van der Waals surface area contributed by atoms with Gasteiger partial charge in [-0.3, -0.25) is 4.57 Å². The molecule has 0 amide bonds. The van der Waals surface area contributed by atoms with Crippen molar-refractivity contribution < 1.29 is 4.74 Å². The minimum Gasteiger partial charge on any atom is -0.460 e. The molecule has 0 aliphatic heterocycles. The summed E-state index contributed by atoms with van der Waals surface area (Å²) in [5.41, 5.74) is 8.53. The first kappa shape index (κ1) is 22.4. The SMILES string of the molecule is CCCC(C)Oc1nc(N)c2[nH]c(=O)n(CCCCCC=C3CCCCCC3)c2n1. The molecular weight excluding hydrogens is 378 g/mol. The van der Waals surface area contributed by atoms with Gasteiger partial charge in [-0.15, -0.1) is 0 Å². The van der Waals surface area contributed by atoms with Crippen molar-refractivity contribution >= 4 is 17.0 Å². The van der Waals surface area contributed by atoms with Crippen LogP contribution in [0.4, 0.5) is 5.82 Å². The summed E-state index contributed by atoms with van der Waals surface area (Å²) in [6, 6.07) is 0.240. The number of aryl methyl sites for hydroxylation is 1. The second-order valence-electron chi connectivity index (χ2n) is 8.51. The van der Waals surface area contributed by atoms with E-state index >= 15 is 0 Å². The van der Waals surface area contributed by atoms with Gasteiger partial charge in [0.1, 0.15) is 5.52 Å². The van der Waals surface area contributed by atoms with E-state index < -0.39 is 0 Å². The number of rotatable bonds is 10. The number of nitrogens with one attached hydrogen (secondary N) is 1. The third-order valence-corrected chi connectivity index (χ3v) is 5.90. The Balaban J connectivity index is 1.57. The van der Waals surface area contributed by atoms with E-state index in [4.69, 9.17) is 10.5 Å². The molecule has 3 N–H and O–H groups in total. The van der Waals surface area contributed by atoms with E-state index in [1.54, 1.807) is 10.1 Å². The Kier molecular flexibility index (Phi) is 8.34. The Labute approximate surface area is 179 Å². The number of allylic oxidation sites excluding steroid dienone is 2. The maximum Gasteiger partial charge on any atom is 0.327 e. The lowest BCUT2D eigenvalue weighted by Crippen LogP contribution is -2.17. The molecule has 0 spiro atoms. The fourth-order valence-electron chi connectivity index (χ4n) is 4.22. The Morgan fingerprint density at radius 3 is 2.67 bits per heavy atom. The number of hydrogen-bond donors (Lipinski definition) is 2. The Morgan fingerprint density at radius 1 is 1.17 bits per heavy atom. The lowest BCUT2D eigenvalue weighted by atomic mass is 10.0. The molecule has 7 heteroatoms. The van der Waals surface area contributed by atoms with Crippen LogP contribution in [0.3, 0.4) is 0 Å². The van der Waals surface area contributed by atoms with E-state index in [-0.39, 0.29) is 23.6 Å². The highest BCUT2D eigenvalue weighted by atomic mass is 16.5. The highest BCUT2D eigenvalue weighted by Crippen LogP contribution is 2.23. The fraction of sp³-hybridized carbons (Fsp3) is 0.696. The van der Waals surface area contributed by atoms with Gasteiger partial charge in [-0.2, -0.15) is 9.97 Å². The maximum atomic E-state index is 12.4. The first-order valence-electron chi connectivity index (χ1n) is 11.7. The molecule has 2 heterocycles. The van der Waals surface area contributed by atoms with E-state index in [9.17, 15) is 4.79 Å². The minimum atomic E-state index is -0.190. The number of nitrogen functional groups attached to an aromatic ring is 1. The standard InChI is InChI=1S/C23H37N5O2/c1-3-12-17(2)30-22-26-20(24)19-21(27-22)28(23(29)25-19)16-11-7-6-10-15-18-13-8-4-5-9-14-18/h15,17H,3-14,16H2,1-2H3,(H,25,29)(H2,24,26,27). The number of aromatic nitrogens is 4. The quantitative estimate of drug-likeness (QED) is 0.319. The Hall–Kier alpha value is -2.31. The molecule has 1 atom stereocenters. The molecule has 1 unspecified atom stereocenters. The van der Waals surface area contributed by atoms with E-state index in [1.807, 2.05) is 6.92 Å². The molecule has 7 nitrogen and oxygen atoms in total. The first-order valence-corrected chi connectivity index (χ1v) is 11.7. The second-order valence-corrected chi connectivity index (χ2v) is 8.51. The number of nitrogens with two attached hydrogens (primary N) is 1. The zero-order chi connectivity index (χ0) is 21.3. The third kappa shape index (κ3) is 6.09. The van der Waals surface area contributed by atoms with Crippen molar-refractivity contribution in [3.8, 4) is 6.01 Å². The van der Waals surface area contributed by atoms with E-state index in [1.165, 1.54) is 38.5 Å². The van der Waals surface area contributed by atoms with Gasteiger partial charge in [0.15, 0.2) is 11.5 Å². The largest absolute Gasteiger partial charge is 0.460 e. The van der Waals surface area contributed by atoms with E-state index in [0.29, 0.717) is 17.7 Å². The number of ether oxygens (including phenoxy) is 1. The van der Waals surface area contributed by atoms with Crippen LogP contribution < -0.4 is 16.2 Å². The van der Waals surface area contributed by atoms with Gasteiger partial charge in [-0.25, -0.2) is 4.79 Å². The number of hydrogen-bond acceptors (Lipinski definition) is 5. The van der Waals surface area contributed by atoms with Crippen LogP contribution in [0, 0.1) is 0 Å². The van der Waals surface area contributed by atoms with Gasteiger partial charge in [0.2, 0.25) is 0 Å². The first-order chi connectivity index (χ1) is 14.6. The minimum absolute atomic E-state index is 0.00791. The summed E-state index contributed by atoms with van der Waals surface area (Å²) >= 11 is 0. The number of H-pyrrole nitrogens is 1. The molecular formula is C23H37N5O2. The molecule has 1 aliphatic carbocycles. The van der Waals surface area contributed by atoms with Crippen LogP contribution in [0.5, 0.6) is 6.01 Å². The summed E-state index contributed by atoms with van der Waals surface area (Å²) in [6.45, 7) is 4.72. The van der Waals surface area contributed by atoms with Crippen LogP contribution in [0.15, 0.2) is 16.4 Å². The molecule has 2 aromatic heterocycles. The van der Waals surface area contributed by atoms with Gasteiger partial charge < -0.3 is 15.5 Å². The van der Waals surface area contributed by atoms with Crippen molar-refractivity contribution in [2.24, 2.45) is 0 Å². The number of unbranched alkanes of at least 4 members (excludes halogenated alkanes) is 3. The summed E-state index contributed by atoms with van der Waals surface area (Å²) in [6.07, 6.45) is 16.7. The number of nitrogens with zero attached hydrogens (tertiary/aromatic N) is 3. The highest BCUT2D eigenvalue weighted by Gasteiger charge is 2.15. The topological polar surface area (TPSA) is 98.8 Å². The molecule has 0 bridgehead atoms. The zero-order valence-electron chi connectivity index (χ0n) is 18.6. The van der Waals surface area contributed by atoms with Crippen molar-refractivity contribution in [1.82, 2.24) is 19.5 Å². The third-order valence-electron chi connectivity index (χ3n) is 5.90. The lowest BCUT2D eigenvalue weighted by Gasteiger charge is -2.12. The summed E-state index contributed by atoms with van der Waals surface area (Å²) in [5, 5.41) is 0. The summed E-state index contributed by atoms with van der Waals surface area (Å²) in [4.78, 5) is 23.9. The molecule has 166 valence electrons. The molecule has 0 radical (unpaired) electrons. The zero-order valence-corrected chi connectivity index (χ0v) is 18.6. The molecule has 3 rings (SSSR count). The van der Waals surface area contributed by atoms with Crippen molar-refractivity contribution in [1.29, 1.82) is 0 Å². The predicted molar refractivity (Wildman–Crippen MR) is 122 cm³/mol. The average molecular weight is 416 g/mol. The predicted octanol–water partition coefficient (Wildman–Crippen LogP) is 5.11. The molecule has 0 saturated heterocycles. The average Bonchev–Trinajstić information content (AvgIpc) is 2.87. The van der Waals surface area contributed by atoms with Crippen molar-refractivity contribution in [3.05, 3.63) is 22.1 Å². The van der Waals surface area contributed by atoms with Gasteiger partial charge in [0, 0.05) is 6.54 Å². The van der Waals surface area contributed by atoms with E-state index in [2.05, 4.69) is 28.0 Å². The van der Waals surface area contributed by atoms with Crippen molar-refractivity contribution in [2.75, 3.05) is 5.73 Å². The Bertz CT molecular complexity index is 889. The smallest absolute Gasteiger partial charge is 0.327 e. The van der Waals surface area contributed by atoms with Gasteiger partial charge in [0.05, 0.1) is 6.10 Å². The van der Waals surface area contributed by atoms with Crippen LogP contribution in [-0.2, 0) is 6.54 Å². The summed E-state index contributed by atoms with van der Waals surface area (Å²) < 4.78 is 7.46. The molecule has 1 saturated carbocycles. The maximum absolute atomic E-state index is 12.4. The van der Waals surface area contributed by atoms with Gasteiger partial charge in [0.25, 0.3) is 0 Å². The molecule has 30 heavy (non-hydrogen) atoms. The lowest BCUT2D eigenvalue weighted by molar-refractivity contribution is 0.193. The van der Waals surface area contributed by atoms with Crippen LogP contribution in [0.25, 0.3) is 11.2 Å². The van der Waals surface area contributed by atoms with E-state index in [0.717, 1.165) is 38.5 Å². The molecule has 1 fully saturated rings. The second kappa shape index (κ2) is 11.2. The molecule has 2 aromatic rings. The number of imidazole rings is 1. The van der Waals surface area contributed by atoms with Crippen LogP contribution >= 0.6 is 0 Å². The number of aromatic amines is 1. The van der Waals surface area contributed by atoms with Crippen molar-refractivity contribution in [2.45, 2.75) is 104 Å². The van der Waals surface area contributed by atoms with Crippen LogP contribution in [-0.4, -0.2) is 25.6 Å². The van der Waals surface area contributed by atoms with Gasteiger partial charge >= 0.3 is 11.7 Å². The number of fused-ring (bicyclic) bond motifs is 1. The highest BCUT2D eigenvalue weighted by molar-refractivity contribution is 5.81. The van der Waals surface area contributed by atoms with Gasteiger partial charge in [-0.1, -0.05) is 44.3 Å². The normalized spacial score (nSPS) is 15.9. The number of anilines is 1. The van der Waals surface area contributed by atoms with Crippen LogP contribution in [0.2, 0.25) is 0 Å². The fourth-order valence-corrected chi connectivity index (χ4v) is 4.22. The summed E-state index contributed by atoms with van der Waals surface area (Å²) in [7, 11) is 0. The molecule has 1 aliphatic rings. The van der Waals surface area contributed by atoms with Crippen molar-refractivity contribution in [3.63, 3.8) is 0 Å². The Morgan fingerprint density at radius 2 is 1.93 bits per heavy atom.